The van der Waals surface area contributed by atoms with Crippen LogP contribution in [0.5, 0.6) is 0 Å². The van der Waals surface area contributed by atoms with Crippen molar-refractivity contribution in [3.8, 4) is 0 Å². The van der Waals surface area contributed by atoms with Crippen LogP contribution in [0, 0.1) is 55.4 Å². The van der Waals surface area contributed by atoms with Crippen LogP contribution in [-0.2, 0) is 0 Å². The van der Waals surface area contributed by atoms with Crippen molar-refractivity contribution in [3.63, 3.8) is 0 Å². The molecule has 12 heteroatoms. The molecular weight excluding hydrogens is 901 g/mol. The molecule has 0 saturated heterocycles. The van der Waals surface area contributed by atoms with Gasteiger partial charge in [-0.1, -0.05) is 84.4 Å². The van der Waals surface area contributed by atoms with Crippen molar-refractivity contribution in [2.75, 3.05) is 0 Å². The number of benzene rings is 3. The molecule has 0 spiro atoms. The molecule has 3 aromatic carbocycles. The molecule has 4 N–H and O–H groups in total. The van der Waals surface area contributed by atoms with Crippen LogP contribution in [0.4, 0.5) is 0 Å². The Morgan fingerprint density at radius 3 is 1.70 bits per heavy atom. The summed E-state index contributed by atoms with van der Waals surface area (Å²) in [5, 5.41) is 13.2. The molecule has 0 fully saturated rings. The molecule has 0 atom stereocenters. The second-order valence-electron chi connectivity index (χ2n) is 17.4. The summed E-state index contributed by atoms with van der Waals surface area (Å²) in [6.07, 6.45) is 15.5. The van der Waals surface area contributed by atoms with E-state index < -0.39 is 0 Å². The predicted molar refractivity (Wildman–Crippen MR) is 301 cm³/mol. The van der Waals surface area contributed by atoms with Crippen molar-refractivity contribution in [3.05, 3.63) is 265 Å². The van der Waals surface area contributed by atoms with Crippen molar-refractivity contribution in [2.45, 2.75) is 55.4 Å². The molecule has 0 saturated carbocycles. The number of para-hydroxylation sites is 3. The highest BCUT2D eigenvalue weighted by atomic mass is 15.2. The standard InChI is InChI=1S/2C9H9N.4C8H8N2.C7H8.C4H6N2/c1-8-6-9-4-2-3-5-10(9)7-8;1-7-6-8-4-2-3-5-9(8)10-7;1-6-4-7-2-3-9-5-8(7)10-6;1-7-6-10-5-3-2-4-8(10)9-7;1-7-6-8-4-2-3-5-10(8)9-7;1-6-9-7-4-2-3-5-8(7)10-6;1-7-5-3-2-4-6-7;1-4-2-3-5-6-4/h2-7H,1H3;2-6,10H,1H3;2-5,10H,1H3;2*2-6H,1H3;2-5H,1H3,(H,9,10);2-6H,1H3;2-3H,1H3,(H,5,6). The number of imidazole rings is 2. The smallest absolute Gasteiger partial charge is 0.136 e. The minimum atomic E-state index is 0.973. The first kappa shape index (κ1) is 51.6. The number of pyridine rings is 4. The summed E-state index contributed by atoms with van der Waals surface area (Å²) >= 11 is 0. The number of rotatable bonds is 0. The third-order valence-electron chi connectivity index (χ3n) is 10.9. The van der Waals surface area contributed by atoms with E-state index in [-0.39, 0.29) is 0 Å². The number of hydrogen-bond donors (Lipinski definition) is 4. The van der Waals surface area contributed by atoms with E-state index in [1.807, 2.05) is 171 Å². The first-order chi connectivity index (χ1) is 35.4. The highest BCUT2D eigenvalue weighted by molar-refractivity contribution is 5.80. The van der Waals surface area contributed by atoms with E-state index in [4.69, 9.17) is 0 Å². The molecule has 0 aliphatic rings. The van der Waals surface area contributed by atoms with Crippen LogP contribution in [-0.4, -0.2) is 58.5 Å². The Balaban J connectivity index is 0.000000123. The lowest BCUT2D eigenvalue weighted by Gasteiger charge is -1.88. The minimum Gasteiger partial charge on any atom is -0.359 e. The van der Waals surface area contributed by atoms with Gasteiger partial charge in [0.05, 0.1) is 39.7 Å². The first-order valence-electron chi connectivity index (χ1n) is 24.1. The van der Waals surface area contributed by atoms with Crippen LogP contribution >= 0.6 is 0 Å². The van der Waals surface area contributed by atoms with E-state index in [1.165, 1.54) is 44.3 Å². The zero-order chi connectivity index (χ0) is 51.4. The Kier molecular flexibility index (Phi) is 18.4. The van der Waals surface area contributed by atoms with Gasteiger partial charge in [-0.15, -0.1) is 0 Å². The summed E-state index contributed by atoms with van der Waals surface area (Å²) in [6, 6.07) is 57.1. The van der Waals surface area contributed by atoms with Gasteiger partial charge in [-0.05, 0) is 157 Å². The van der Waals surface area contributed by atoms with E-state index >= 15 is 0 Å². The highest BCUT2D eigenvalue weighted by Crippen LogP contribution is 2.14. The van der Waals surface area contributed by atoms with Gasteiger partial charge in [-0.3, -0.25) is 10.1 Å². The van der Waals surface area contributed by atoms with Gasteiger partial charge in [0.25, 0.3) is 0 Å². The van der Waals surface area contributed by atoms with Crippen LogP contribution < -0.4 is 0 Å². The maximum absolute atomic E-state index is 4.28. The zero-order valence-electron chi connectivity index (χ0n) is 42.9. The molecule has 14 aromatic rings. The topological polar surface area (TPSA) is 141 Å². The van der Waals surface area contributed by atoms with Crippen LogP contribution in [0.25, 0.3) is 49.5 Å². The largest absolute Gasteiger partial charge is 0.359 e. The van der Waals surface area contributed by atoms with Gasteiger partial charge in [-0.2, -0.15) is 10.2 Å². The van der Waals surface area contributed by atoms with E-state index in [2.05, 4.69) is 149 Å². The quantitative estimate of drug-likeness (QED) is 0.120. The Morgan fingerprint density at radius 2 is 1.07 bits per heavy atom. The third-order valence-corrected chi connectivity index (χ3v) is 10.9. The number of nitrogens with zero attached hydrogens (tertiary/aromatic N) is 8. The fourth-order valence-electron chi connectivity index (χ4n) is 7.60. The Bertz CT molecular complexity index is 3050. The summed E-state index contributed by atoms with van der Waals surface area (Å²) in [5.74, 6) is 0.973. The molecule has 0 unspecified atom stereocenters. The highest BCUT2D eigenvalue weighted by Gasteiger charge is 1.97. The Hall–Kier alpha value is -9.29. The van der Waals surface area contributed by atoms with Crippen LogP contribution in [0.1, 0.15) is 45.4 Å². The Labute approximate surface area is 426 Å². The van der Waals surface area contributed by atoms with E-state index in [0.717, 1.165) is 50.6 Å². The second-order valence-corrected chi connectivity index (χ2v) is 17.4. The summed E-state index contributed by atoms with van der Waals surface area (Å²) in [6.45, 7) is 16.2. The van der Waals surface area contributed by atoms with Gasteiger partial charge in [-0.25, -0.2) is 14.5 Å². The number of H-pyrrole nitrogens is 4. The molecule has 11 aromatic heterocycles. The lowest BCUT2D eigenvalue weighted by Crippen LogP contribution is -1.83. The number of nitrogens with one attached hydrogen (secondary N) is 4. The molecule has 14 rings (SSSR count). The average molecular weight is 965 g/mol. The SMILES string of the molecule is Cc1cc2ccccc2[nH]1.Cc1cc2ccccn2c1.Cc1cc2ccccn2n1.Cc1cc2ccncc2[nH]1.Cc1ccccc1.Cc1ccn[nH]1.Cc1cn2ccccc2n1.Cc1nc2ccccc2[nH]1. The molecule has 12 nitrogen and oxygen atoms in total. The van der Waals surface area contributed by atoms with E-state index in [0.29, 0.717) is 0 Å². The normalized spacial score (nSPS) is 10.2. The number of aromatic amines is 4. The van der Waals surface area contributed by atoms with Crippen molar-refractivity contribution in [2.24, 2.45) is 0 Å². The summed E-state index contributed by atoms with van der Waals surface area (Å²) in [5.41, 5.74) is 16.2. The number of hydrogen-bond acceptors (Lipinski definition) is 5. The summed E-state index contributed by atoms with van der Waals surface area (Å²) < 4.78 is 6.00. The van der Waals surface area contributed by atoms with Gasteiger partial charge in [0.1, 0.15) is 11.5 Å². The van der Waals surface area contributed by atoms with E-state index in [1.54, 1.807) is 12.4 Å². The Morgan fingerprint density at radius 1 is 0.425 bits per heavy atom. The lowest BCUT2D eigenvalue weighted by atomic mass is 10.2. The predicted octanol–water partition coefficient (Wildman–Crippen LogP) is 14.5. The molecule has 0 bridgehead atoms. The van der Waals surface area contributed by atoms with Gasteiger partial charge in [0.2, 0.25) is 0 Å². The van der Waals surface area contributed by atoms with Gasteiger partial charge >= 0.3 is 0 Å². The molecule has 0 amide bonds. The van der Waals surface area contributed by atoms with Crippen molar-refractivity contribution >= 4 is 49.5 Å². The fourth-order valence-corrected chi connectivity index (χ4v) is 7.60. The fraction of sp³-hybridized carbons (Fsp3) is 0.131. The molecule has 11 heterocycles. The second kappa shape index (κ2) is 26.1. The van der Waals surface area contributed by atoms with Crippen molar-refractivity contribution in [1.29, 1.82) is 0 Å². The van der Waals surface area contributed by atoms with Gasteiger partial charge in [0, 0.05) is 76.9 Å². The molecule has 0 radical (unpaired) electrons. The summed E-state index contributed by atoms with van der Waals surface area (Å²) in [7, 11) is 0. The van der Waals surface area contributed by atoms with E-state index in [9.17, 15) is 0 Å². The molecule has 73 heavy (non-hydrogen) atoms. The monoisotopic (exact) mass is 965 g/mol. The van der Waals surface area contributed by atoms with Crippen molar-refractivity contribution < 1.29 is 0 Å². The van der Waals surface area contributed by atoms with Gasteiger partial charge < -0.3 is 23.8 Å². The van der Waals surface area contributed by atoms with Gasteiger partial charge in [0.15, 0.2) is 0 Å². The van der Waals surface area contributed by atoms with Crippen LogP contribution in [0.2, 0.25) is 0 Å². The molecule has 0 aliphatic carbocycles. The minimum absolute atomic E-state index is 0.973. The third kappa shape index (κ3) is 16.1. The maximum atomic E-state index is 4.28. The first-order valence-corrected chi connectivity index (χ1v) is 24.1. The summed E-state index contributed by atoms with van der Waals surface area (Å²) in [4.78, 5) is 22.1. The molecule has 368 valence electrons. The number of aromatic nitrogens is 12. The lowest BCUT2D eigenvalue weighted by molar-refractivity contribution is 0.934. The average Bonchev–Trinajstić information content (AvgIpc) is 4.27. The van der Waals surface area contributed by atoms with Crippen LogP contribution in [0.3, 0.4) is 0 Å². The van der Waals surface area contributed by atoms with Crippen molar-refractivity contribution in [1.82, 2.24) is 58.5 Å². The molecule has 0 aliphatic heterocycles. The number of fused-ring (bicyclic) bond motifs is 6. The number of aryl methyl sites for hydroxylation is 8. The zero-order valence-corrected chi connectivity index (χ0v) is 42.9. The maximum Gasteiger partial charge on any atom is 0.136 e. The van der Waals surface area contributed by atoms with Crippen LogP contribution in [0.15, 0.2) is 219 Å². The molecular formula is C61H64N12.